The molecule has 1 aliphatic heterocycles. The van der Waals surface area contributed by atoms with Gasteiger partial charge in [-0.3, -0.25) is 0 Å². The summed E-state index contributed by atoms with van der Waals surface area (Å²) in [7, 11) is 1.66. The number of rotatable bonds is 7. The molecule has 0 amide bonds. The second kappa shape index (κ2) is 9.90. The van der Waals surface area contributed by atoms with E-state index < -0.39 is 0 Å². The molecule has 1 aromatic carbocycles. The molecule has 9 heteroatoms. The Kier molecular flexibility index (Phi) is 8.58. The number of nitrogens with zero attached hydrogens (tertiary/aromatic N) is 2. The maximum absolute atomic E-state index is 5.81. The summed E-state index contributed by atoms with van der Waals surface area (Å²) in [4.78, 5) is 4.58. The lowest BCUT2D eigenvalue weighted by atomic mass is 10.2. The summed E-state index contributed by atoms with van der Waals surface area (Å²) >= 11 is 0. The average molecular weight is 380 g/mol. The average Bonchev–Trinajstić information content (AvgIpc) is 2.89. The summed E-state index contributed by atoms with van der Waals surface area (Å²) < 4.78 is 23.8. The van der Waals surface area contributed by atoms with Crippen LogP contribution in [0.2, 0.25) is 0 Å². The number of halogens is 2. The van der Waals surface area contributed by atoms with Crippen LogP contribution in [0.15, 0.2) is 12.1 Å². The van der Waals surface area contributed by atoms with Gasteiger partial charge in [0.05, 0.1) is 37.4 Å². The summed E-state index contributed by atoms with van der Waals surface area (Å²) in [5.74, 6) is 2.32. The molecule has 0 saturated heterocycles. The highest BCUT2D eigenvalue weighted by Gasteiger charge is 2.17. The Balaban J connectivity index is 0.00000144. The van der Waals surface area contributed by atoms with E-state index in [1.165, 1.54) is 0 Å². The summed E-state index contributed by atoms with van der Waals surface area (Å²) in [6, 6.07) is 3.87. The fraction of sp³-hybridized carbons (Fsp3) is 0.533. The number of aromatic nitrogens is 2. The van der Waals surface area contributed by atoms with E-state index in [1.54, 1.807) is 7.11 Å². The normalized spacial score (nSPS) is 12.6. The van der Waals surface area contributed by atoms with Crippen LogP contribution in [0.4, 0.5) is 0 Å². The van der Waals surface area contributed by atoms with E-state index in [1.807, 2.05) is 12.1 Å². The van der Waals surface area contributed by atoms with Crippen molar-refractivity contribution in [2.45, 2.75) is 13.1 Å². The molecule has 2 aromatic rings. The van der Waals surface area contributed by atoms with Gasteiger partial charge in [0.15, 0.2) is 11.5 Å². The number of ether oxygens (including phenoxy) is 4. The Hall–Kier alpha value is -1.25. The standard InChI is InChI=1S/C15H21N3O4.2ClH/c1-19-4-5-20-3-2-18-12-9-14-13(21-6-7-22-14)8-11(12)17-15(18)10-16;;/h8-9H,2-7,10,16H2,1H3;2*1H. The van der Waals surface area contributed by atoms with Crippen LogP contribution in [0.1, 0.15) is 5.82 Å². The number of methoxy groups -OCH3 is 1. The molecule has 2 N–H and O–H groups in total. The van der Waals surface area contributed by atoms with Gasteiger partial charge in [0.1, 0.15) is 19.0 Å². The minimum Gasteiger partial charge on any atom is -0.486 e. The van der Waals surface area contributed by atoms with Crippen LogP contribution < -0.4 is 15.2 Å². The fourth-order valence-corrected chi connectivity index (χ4v) is 2.52. The highest BCUT2D eigenvalue weighted by atomic mass is 35.5. The first-order chi connectivity index (χ1) is 10.8. The van der Waals surface area contributed by atoms with Gasteiger partial charge in [-0.15, -0.1) is 24.8 Å². The second-order valence-corrected chi connectivity index (χ2v) is 4.97. The molecule has 0 fully saturated rings. The van der Waals surface area contributed by atoms with Crippen molar-refractivity contribution in [1.82, 2.24) is 9.55 Å². The van der Waals surface area contributed by atoms with Crippen LogP contribution in [0.25, 0.3) is 11.0 Å². The van der Waals surface area contributed by atoms with Crippen LogP contribution >= 0.6 is 24.8 Å². The van der Waals surface area contributed by atoms with Gasteiger partial charge < -0.3 is 29.2 Å². The Morgan fingerprint density at radius 2 is 1.83 bits per heavy atom. The molecular weight excluding hydrogens is 357 g/mol. The van der Waals surface area contributed by atoms with Crippen molar-refractivity contribution in [3.05, 3.63) is 18.0 Å². The third-order valence-electron chi connectivity index (χ3n) is 3.56. The molecule has 1 aromatic heterocycles. The number of imidazole rings is 1. The summed E-state index contributed by atoms with van der Waals surface area (Å²) in [6.45, 7) is 3.94. The first-order valence-electron chi connectivity index (χ1n) is 7.39. The molecule has 0 radical (unpaired) electrons. The van der Waals surface area contributed by atoms with E-state index >= 15 is 0 Å². The van der Waals surface area contributed by atoms with E-state index in [0.717, 1.165) is 28.4 Å². The van der Waals surface area contributed by atoms with Crippen LogP contribution in [0, 0.1) is 0 Å². The van der Waals surface area contributed by atoms with E-state index in [-0.39, 0.29) is 24.8 Å². The zero-order valence-corrected chi connectivity index (χ0v) is 15.2. The van der Waals surface area contributed by atoms with E-state index in [9.17, 15) is 0 Å². The number of hydrogen-bond donors (Lipinski definition) is 1. The van der Waals surface area contributed by atoms with Gasteiger partial charge in [-0.1, -0.05) is 0 Å². The minimum atomic E-state index is 0. The Labute approximate surface area is 153 Å². The van der Waals surface area contributed by atoms with Crippen molar-refractivity contribution in [2.75, 3.05) is 40.1 Å². The zero-order valence-electron chi connectivity index (χ0n) is 13.5. The van der Waals surface area contributed by atoms with Crippen molar-refractivity contribution in [1.29, 1.82) is 0 Å². The van der Waals surface area contributed by atoms with Gasteiger partial charge in [-0.2, -0.15) is 0 Å². The monoisotopic (exact) mass is 379 g/mol. The SMILES string of the molecule is COCCOCCn1c(CN)nc2cc3c(cc21)OCCO3.Cl.Cl. The number of fused-ring (bicyclic) bond motifs is 2. The maximum atomic E-state index is 5.81. The van der Waals surface area contributed by atoms with Crippen LogP contribution in [0.5, 0.6) is 11.5 Å². The molecule has 1 aliphatic rings. The van der Waals surface area contributed by atoms with E-state index in [0.29, 0.717) is 46.1 Å². The van der Waals surface area contributed by atoms with Crippen LogP contribution in [-0.4, -0.2) is 49.7 Å². The lowest BCUT2D eigenvalue weighted by Crippen LogP contribution is -2.16. The van der Waals surface area contributed by atoms with Crippen molar-refractivity contribution in [2.24, 2.45) is 5.73 Å². The molecule has 7 nitrogen and oxygen atoms in total. The number of hydrogen-bond acceptors (Lipinski definition) is 6. The van der Waals surface area contributed by atoms with Gasteiger partial charge in [-0.05, 0) is 0 Å². The molecular formula is C15H23Cl2N3O4. The summed E-state index contributed by atoms with van der Waals surface area (Å²) in [5.41, 5.74) is 7.66. The van der Waals surface area contributed by atoms with Gasteiger partial charge in [-0.25, -0.2) is 4.98 Å². The van der Waals surface area contributed by atoms with E-state index in [2.05, 4.69) is 9.55 Å². The van der Waals surface area contributed by atoms with E-state index in [4.69, 9.17) is 24.7 Å². The molecule has 0 aliphatic carbocycles. The molecule has 24 heavy (non-hydrogen) atoms. The first-order valence-corrected chi connectivity index (χ1v) is 7.39. The van der Waals surface area contributed by atoms with Crippen molar-refractivity contribution in [3.8, 4) is 11.5 Å². The Bertz CT molecular complexity index is 651. The summed E-state index contributed by atoms with van der Waals surface area (Å²) in [6.07, 6.45) is 0. The Morgan fingerprint density at radius 3 is 2.50 bits per heavy atom. The molecule has 0 saturated carbocycles. The quantitative estimate of drug-likeness (QED) is 0.738. The van der Waals surface area contributed by atoms with Gasteiger partial charge >= 0.3 is 0 Å². The number of benzene rings is 1. The van der Waals surface area contributed by atoms with Crippen molar-refractivity contribution < 1.29 is 18.9 Å². The zero-order chi connectivity index (χ0) is 15.4. The molecule has 2 heterocycles. The fourth-order valence-electron chi connectivity index (χ4n) is 2.52. The largest absolute Gasteiger partial charge is 0.486 e. The van der Waals surface area contributed by atoms with Crippen molar-refractivity contribution >= 4 is 35.8 Å². The molecule has 0 bridgehead atoms. The highest BCUT2D eigenvalue weighted by Crippen LogP contribution is 2.34. The smallest absolute Gasteiger partial charge is 0.163 e. The third-order valence-corrected chi connectivity index (χ3v) is 3.56. The molecule has 0 unspecified atom stereocenters. The molecule has 0 atom stereocenters. The maximum Gasteiger partial charge on any atom is 0.163 e. The minimum absolute atomic E-state index is 0. The predicted octanol–water partition coefficient (Wildman–Crippen LogP) is 1.77. The Morgan fingerprint density at radius 1 is 1.12 bits per heavy atom. The summed E-state index contributed by atoms with van der Waals surface area (Å²) in [5, 5.41) is 0. The van der Waals surface area contributed by atoms with Crippen LogP contribution in [-0.2, 0) is 22.6 Å². The molecule has 0 spiro atoms. The number of nitrogens with two attached hydrogens (primary N) is 1. The molecule has 136 valence electrons. The van der Waals surface area contributed by atoms with Gasteiger partial charge in [0.2, 0.25) is 0 Å². The second-order valence-electron chi connectivity index (χ2n) is 4.97. The van der Waals surface area contributed by atoms with Gasteiger partial charge in [0, 0.05) is 25.8 Å². The van der Waals surface area contributed by atoms with Gasteiger partial charge in [0.25, 0.3) is 0 Å². The molecule has 3 rings (SSSR count). The van der Waals surface area contributed by atoms with Crippen LogP contribution in [0.3, 0.4) is 0 Å². The van der Waals surface area contributed by atoms with Crippen molar-refractivity contribution in [3.63, 3.8) is 0 Å². The third kappa shape index (κ3) is 4.43. The first kappa shape index (κ1) is 20.8. The predicted molar refractivity (Wildman–Crippen MR) is 95.8 cm³/mol. The topological polar surface area (TPSA) is 80.8 Å². The highest BCUT2D eigenvalue weighted by molar-refractivity contribution is 5.85. The lowest BCUT2D eigenvalue weighted by molar-refractivity contribution is 0.0667. The lowest BCUT2D eigenvalue weighted by Gasteiger charge is -2.18.